The highest BCUT2D eigenvalue weighted by molar-refractivity contribution is 6.09. The molecule has 0 heterocycles. The normalized spacial score (nSPS) is 10.8. The number of carbonyl (C=O) groups excluding carboxylic acids is 2. The number of benzene rings is 3. The average molecular weight is 440 g/mol. The van der Waals surface area contributed by atoms with Crippen molar-refractivity contribution >= 4 is 23.6 Å². The number of nitrogens with zero attached hydrogens (tertiary/aromatic N) is 1. The second-order valence-electron chi connectivity index (χ2n) is 7.22. The molecule has 0 aliphatic heterocycles. The molecule has 0 saturated heterocycles. The Morgan fingerprint density at radius 2 is 1.58 bits per heavy atom. The monoisotopic (exact) mass is 440 g/mol. The van der Waals surface area contributed by atoms with Crippen LogP contribution in [-0.4, -0.2) is 19.0 Å². The molecule has 0 saturated carbocycles. The van der Waals surface area contributed by atoms with Gasteiger partial charge in [0, 0.05) is 5.69 Å². The molecule has 0 unspecified atom stereocenters. The highest BCUT2D eigenvalue weighted by Gasteiger charge is 2.10. The molecular weight excluding hydrogens is 416 g/mol. The first-order chi connectivity index (χ1) is 16.0. The molecule has 166 valence electrons. The van der Waals surface area contributed by atoms with E-state index in [2.05, 4.69) is 17.0 Å². The van der Waals surface area contributed by atoms with Crippen LogP contribution in [-0.2, 0) is 22.6 Å². The highest BCUT2D eigenvalue weighted by atomic mass is 16.5. The van der Waals surface area contributed by atoms with E-state index >= 15 is 0 Å². The van der Waals surface area contributed by atoms with Gasteiger partial charge in [0.25, 0.3) is 5.91 Å². The zero-order valence-electron chi connectivity index (χ0n) is 18.5. The summed E-state index contributed by atoms with van der Waals surface area (Å²) < 4.78 is 10.5. The minimum atomic E-state index is -0.461. The Morgan fingerprint density at radius 1 is 0.939 bits per heavy atom. The Labute approximate surface area is 193 Å². The Hall–Kier alpha value is -4.37. The Morgan fingerprint density at radius 3 is 2.15 bits per heavy atom. The van der Waals surface area contributed by atoms with Crippen LogP contribution in [0, 0.1) is 11.3 Å². The van der Waals surface area contributed by atoms with Crippen LogP contribution in [0.2, 0.25) is 0 Å². The molecule has 6 heteroatoms. The standard InChI is InChI=1S/C27H24N2O4/c1-3-19-6-12-24(13-7-19)29-26(30)23(17-28)16-20-8-14-25(15-9-20)33-18-21-4-10-22(11-5-21)27(31)32-2/h4-16H,3,18H2,1-2H3,(H,29,30). The SMILES string of the molecule is CCc1ccc(NC(=O)C(C#N)=Cc2ccc(OCc3ccc(C(=O)OC)cc3)cc2)cc1. The number of hydrogen-bond acceptors (Lipinski definition) is 5. The largest absolute Gasteiger partial charge is 0.489 e. The molecule has 0 aliphatic carbocycles. The van der Waals surface area contributed by atoms with Crippen molar-refractivity contribution in [1.29, 1.82) is 5.26 Å². The van der Waals surface area contributed by atoms with Gasteiger partial charge in [0.2, 0.25) is 0 Å². The van der Waals surface area contributed by atoms with E-state index in [1.165, 1.54) is 18.7 Å². The summed E-state index contributed by atoms with van der Waals surface area (Å²) in [6, 6.07) is 23.5. The molecular formula is C27H24N2O4. The summed E-state index contributed by atoms with van der Waals surface area (Å²) in [6.45, 7) is 2.39. The maximum atomic E-state index is 12.5. The number of rotatable bonds is 8. The van der Waals surface area contributed by atoms with Crippen molar-refractivity contribution in [2.75, 3.05) is 12.4 Å². The fraction of sp³-hybridized carbons (Fsp3) is 0.148. The number of aryl methyl sites for hydroxylation is 1. The fourth-order valence-electron chi connectivity index (χ4n) is 3.02. The van der Waals surface area contributed by atoms with Crippen molar-refractivity contribution in [1.82, 2.24) is 0 Å². The van der Waals surface area contributed by atoms with Gasteiger partial charge in [-0.15, -0.1) is 0 Å². The zero-order valence-corrected chi connectivity index (χ0v) is 18.5. The number of nitriles is 1. The maximum absolute atomic E-state index is 12.5. The van der Waals surface area contributed by atoms with Gasteiger partial charge < -0.3 is 14.8 Å². The summed E-state index contributed by atoms with van der Waals surface area (Å²) in [5.41, 5.74) is 3.91. The van der Waals surface area contributed by atoms with Gasteiger partial charge in [-0.05, 0) is 65.6 Å². The van der Waals surface area contributed by atoms with E-state index < -0.39 is 5.91 Å². The minimum Gasteiger partial charge on any atom is -0.489 e. The molecule has 0 bridgehead atoms. The van der Waals surface area contributed by atoms with E-state index in [1.54, 1.807) is 48.5 Å². The molecule has 1 amide bonds. The van der Waals surface area contributed by atoms with Crippen LogP contribution in [0.3, 0.4) is 0 Å². The van der Waals surface area contributed by atoms with Crippen molar-refractivity contribution in [3.8, 4) is 11.8 Å². The number of nitrogens with one attached hydrogen (secondary N) is 1. The van der Waals surface area contributed by atoms with Crippen molar-refractivity contribution in [2.45, 2.75) is 20.0 Å². The number of esters is 1. The lowest BCUT2D eigenvalue weighted by atomic mass is 10.1. The zero-order chi connectivity index (χ0) is 23.6. The predicted octanol–water partition coefficient (Wildman–Crippen LogP) is 5.16. The van der Waals surface area contributed by atoms with Gasteiger partial charge in [-0.2, -0.15) is 5.26 Å². The lowest BCUT2D eigenvalue weighted by Gasteiger charge is -2.08. The van der Waals surface area contributed by atoms with Gasteiger partial charge in [0.05, 0.1) is 12.7 Å². The lowest BCUT2D eigenvalue weighted by Crippen LogP contribution is -2.13. The van der Waals surface area contributed by atoms with E-state index in [4.69, 9.17) is 4.74 Å². The number of hydrogen-bond donors (Lipinski definition) is 1. The predicted molar refractivity (Wildman–Crippen MR) is 127 cm³/mol. The molecule has 3 rings (SSSR count). The molecule has 0 atom stereocenters. The Kier molecular flexibility index (Phi) is 7.98. The summed E-state index contributed by atoms with van der Waals surface area (Å²) >= 11 is 0. The number of amides is 1. The third kappa shape index (κ3) is 6.55. The van der Waals surface area contributed by atoms with Gasteiger partial charge in [-0.25, -0.2) is 4.79 Å². The molecule has 3 aromatic carbocycles. The highest BCUT2D eigenvalue weighted by Crippen LogP contribution is 2.18. The molecule has 0 radical (unpaired) electrons. The van der Waals surface area contributed by atoms with Crippen LogP contribution >= 0.6 is 0 Å². The first-order valence-corrected chi connectivity index (χ1v) is 10.4. The molecule has 33 heavy (non-hydrogen) atoms. The second-order valence-corrected chi connectivity index (χ2v) is 7.22. The van der Waals surface area contributed by atoms with Crippen molar-refractivity contribution in [2.24, 2.45) is 0 Å². The van der Waals surface area contributed by atoms with E-state index in [0.717, 1.165) is 12.0 Å². The van der Waals surface area contributed by atoms with Crippen LogP contribution in [0.25, 0.3) is 6.08 Å². The van der Waals surface area contributed by atoms with E-state index in [1.807, 2.05) is 30.3 Å². The van der Waals surface area contributed by atoms with Crippen LogP contribution in [0.5, 0.6) is 5.75 Å². The summed E-state index contributed by atoms with van der Waals surface area (Å²) in [4.78, 5) is 23.9. The lowest BCUT2D eigenvalue weighted by molar-refractivity contribution is -0.112. The van der Waals surface area contributed by atoms with Gasteiger partial charge in [0.15, 0.2) is 0 Å². The topological polar surface area (TPSA) is 88.4 Å². The molecule has 3 aromatic rings. The number of carbonyl (C=O) groups is 2. The van der Waals surface area contributed by atoms with E-state index in [-0.39, 0.29) is 11.5 Å². The Bertz CT molecular complexity index is 1170. The molecule has 0 fully saturated rings. The van der Waals surface area contributed by atoms with Crippen LogP contribution in [0.4, 0.5) is 5.69 Å². The smallest absolute Gasteiger partial charge is 0.337 e. The summed E-state index contributed by atoms with van der Waals surface area (Å²) in [5, 5.41) is 12.2. The fourth-order valence-corrected chi connectivity index (χ4v) is 3.02. The first kappa shape index (κ1) is 23.3. The number of methoxy groups -OCH3 is 1. The molecule has 0 aliphatic rings. The average Bonchev–Trinajstić information content (AvgIpc) is 2.87. The van der Waals surface area contributed by atoms with Crippen LogP contribution in [0.15, 0.2) is 78.4 Å². The quantitative estimate of drug-likeness (QED) is 0.297. The van der Waals surface area contributed by atoms with E-state index in [0.29, 0.717) is 29.2 Å². The third-order valence-corrected chi connectivity index (χ3v) is 4.96. The summed E-state index contributed by atoms with van der Waals surface area (Å²) in [5.74, 6) is -0.202. The summed E-state index contributed by atoms with van der Waals surface area (Å²) in [6.07, 6.45) is 2.45. The van der Waals surface area contributed by atoms with Crippen molar-refractivity contribution in [3.63, 3.8) is 0 Å². The van der Waals surface area contributed by atoms with Crippen LogP contribution < -0.4 is 10.1 Å². The summed E-state index contributed by atoms with van der Waals surface area (Å²) in [7, 11) is 1.34. The Balaban J connectivity index is 1.60. The van der Waals surface area contributed by atoms with Gasteiger partial charge in [0.1, 0.15) is 24.0 Å². The van der Waals surface area contributed by atoms with E-state index in [9.17, 15) is 14.9 Å². The molecule has 1 N–H and O–H groups in total. The first-order valence-electron chi connectivity index (χ1n) is 10.4. The molecule has 0 spiro atoms. The van der Waals surface area contributed by atoms with Crippen molar-refractivity contribution in [3.05, 3.63) is 101 Å². The third-order valence-electron chi connectivity index (χ3n) is 4.96. The molecule has 0 aromatic heterocycles. The second kappa shape index (κ2) is 11.3. The van der Waals surface area contributed by atoms with Gasteiger partial charge >= 0.3 is 5.97 Å². The van der Waals surface area contributed by atoms with Crippen LogP contribution in [0.1, 0.15) is 34.0 Å². The maximum Gasteiger partial charge on any atom is 0.337 e. The van der Waals surface area contributed by atoms with Gasteiger partial charge in [-0.3, -0.25) is 4.79 Å². The number of ether oxygens (including phenoxy) is 2. The van der Waals surface area contributed by atoms with Crippen molar-refractivity contribution < 1.29 is 19.1 Å². The number of anilines is 1. The molecule has 6 nitrogen and oxygen atoms in total. The minimum absolute atomic E-state index is 0.00827. The van der Waals surface area contributed by atoms with Gasteiger partial charge in [-0.1, -0.05) is 43.3 Å².